The summed E-state index contributed by atoms with van der Waals surface area (Å²) in [5.41, 5.74) is 4.39. The zero-order valence-corrected chi connectivity index (χ0v) is 6.56. The summed E-state index contributed by atoms with van der Waals surface area (Å²) in [6.45, 7) is 0. The van der Waals surface area contributed by atoms with Crippen molar-refractivity contribution in [2.75, 3.05) is 0 Å². The summed E-state index contributed by atoms with van der Waals surface area (Å²) in [5.74, 6) is -0.479. The van der Waals surface area contributed by atoms with Crippen molar-refractivity contribution < 1.29 is 14.3 Å². The van der Waals surface area contributed by atoms with Gasteiger partial charge in [0, 0.05) is 12.1 Å². The molecule has 0 aliphatic carbocycles. The molecular formula is C7H7N3O3. The lowest BCUT2D eigenvalue weighted by molar-refractivity contribution is -0.605. The van der Waals surface area contributed by atoms with Gasteiger partial charge in [-0.3, -0.25) is 20.4 Å². The van der Waals surface area contributed by atoms with E-state index in [4.69, 9.17) is 0 Å². The first-order valence-electron chi connectivity index (χ1n) is 3.42. The lowest BCUT2D eigenvalue weighted by Crippen LogP contribution is -2.36. The molecule has 13 heavy (non-hydrogen) atoms. The number of pyridine rings is 1. The molecule has 0 aliphatic heterocycles. The number of hydrogen-bond acceptors (Lipinski definition) is 3. The van der Waals surface area contributed by atoms with E-state index in [1.807, 2.05) is 5.43 Å². The second-order valence-corrected chi connectivity index (χ2v) is 2.16. The maximum atomic E-state index is 11.1. The van der Waals surface area contributed by atoms with Crippen molar-refractivity contribution in [3.63, 3.8) is 0 Å². The van der Waals surface area contributed by atoms with E-state index in [1.165, 1.54) is 24.5 Å². The molecule has 0 aromatic carbocycles. The molecule has 6 heteroatoms. The fourth-order valence-corrected chi connectivity index (χ4v) is 0.731. The van der Waals surface area contributed by atoms with Crippen LogP contribution in [0.1, 0.15) is 10.4 Å². The third kappa shape index (κ3) is 2.44. The number of amides is 2. The number of carbonyl (C=O) groups excluding carboxylic acids is 2. The summed E-state index contributed by atoms with van der Waals surface area (Å²) in [4.78, 5) is 20.9. The van der Waals surface area contributed by atoms with Gasteiger partial charge in [0.2, 0.25) is 6.41 Å². The van der Waals surface area contributed by atoms with Crippen LogP contribution in [0.15, 0.2) is 24.5 Å². The molecule has 1 heterocycles. The summed E-state index contributed by atoms with van der Waals surface area (Å²) in [6, 6.07) is 2.68. The van der Waals surface area contributed by atoms with E-state index >= 15 is 0 Å². The summed E-state index contributed by atoms with van der Waals surface area (Å²) in [6.07, 6.45) is 2.72. The van der Waals surface area contributed by atoms with Gasteiger partial charge in [-0.15, -0.1) is 0 Å². The molecule has 0 fully saturated rings. The second-order valence-electron chi connectivity index (χ2n) is 2.16. The highest BCUT2D eigenvalue weighted by atomic mass is 16.5. The molecule has 0 spiro atoms. The molecule has 6 nitrogen and oxygen atoms in total. The lowest BCUT2D eigenvalue weighted by atomic mass is 10.3. The third-order valence-electron chi connectivity index (χ3n) is 1.31. The predicted molar refractivity (Wildman–Crippen MR) is 42.1 cm³/mol. The van der Waals surface area contributed by atoms with Crippen LogP contribution >= 0.6 is 0 Å². The lowest BCUT2D eigenvalue weighted by Gasteiger charge is -2.01. The summed E-state index contributed by atoms with van der Waals surface area (Å²) < 4.78 is 0.559. The highest BCUT2D eigenvalue weighted by Gasteiger charge is 2.04. The van der Waals surface area contributed by atoms with E-state index in [1.54, 1.807) is 0 Å². The van der Waals surface area contributed by atoms with Crippen LogP contribution in [-0.4, -0.2) is 12.3 Å². The van der Waals surface area contributed by atoms with Crippen molar-refractivity contribution in [1.82, 2.24) is 10.9 Å². The minimum atomic E-state index is -0.479. The van der Waals surface area contributed by atoms with E-state index in [0.717, 1.165) is 0 Å². The van der Waals surface area contributed by atoms with Crippen molar-refractivity contribution in [2.24, 2.45) is 0 Å². The molecule has 1 rings (SSSR count). The van der Waals surface area contributed by atoms with Gasteiger partial charge in [0.15, 0.2) is 12.4 Å². The maximum absolute atomic E-state index is 11.1. The maximum Gasteiger partial charge on any atom is 0.270 e. The van der Waals surface area contributed by atoms with Crippen molar-refractivity contribution in [1.29, 1.82) is 0 Å². The Morgan fingerprint density at radius 3 is 2.62 bits per heavy atom. The van der Waals surface area contributed by atoms with Gasteiger partial charge in [0.05, 0.1) is 5.56 Å². The van der Waals surface area contributed by atoms with Gasteiger partial charge in [0.1, 0.15) is 0 Å². The number of rotatable bonds is 3. The van der Waals surface area contributed by atoms with Crippen LogP contribution < -0.4 is 15.6 Å². The Hall–Kier alpha value is -2.11. The number of aromatic nitrogens is 1. The summed E-state index contributed by atoms with van der Waals surface area (Å²) >= 11 is 0. The number of hydrazine groups is 1. The Morgan fingerprint density at radius 2 is 2.08 bits per heavy atom. The first-order valence-corrected chi connectivity index (χ1v) is 3.42. The molecule has 1 aromatic heterocycles. The smallest absolute Gasteiger partial charge is 0.270 e. The molecule has 0 bridgehead atoms. The van der Waals surface area contributed by atoms with Crippen LogP contribution in [-0.2, 0) is 4.79 Å². The number of hydrogen-bond donors (Lipinski definition) is 2. The standard InChI is InChI=1S/C7H7N3O3/c11-5-8-9-7(12)6-1-3-10(13)4-2-6/h1-5H,(H,8,11)(H,9,12). The molecular weight excluding hydrogens is 174 g/mol. The second kappa shape index (κ2) is 4.05. The Morgan fingerprint density at radius 1 is 1.46 bits per heavy atom. The highest BCUT2D eigenvalue weighted by molar-refractivity contribution is 5.94. The van der Waals surface area contributed by atoms with Crippen molar-refractivity contribution >= 4 is 12.3 Å². The number of nitrogens with zero attached hydrogens (tertiary/aromatic N) is 1. The predicted octanol–water partition coefficient (Wildman–Crippen LogP) is -1.29. The molecule has 0 saturated heterocycles. The minimum Gasteiger partial charge on any atom is -0.619 e. The fraction of sp³-hybridized carbons (Fsp3) is 0. The Balaban J connectivity index is 2.66. The average molecular weight is 181 g/mol. The molecule has 68 valence electrons. The fourth-order valence-electron chi connectivity index (χ4n) is 0.731. The van der Waals surface area contributed by atoms with Gasteiger partial charge < -0.3 is 5.21 Å². The largest absolute Gasteiger partial charge is 0.619 e. The molecule has 0 radical (unpaired) electrons. The molecule has 0 saturated carbocycles. The summed E-state index contributed by atoms with van der Waals surface area (Å²) in [5, 5.41) is 10.6. The van der Waals surface area contributed by atoms with E-state index in [-0.39, 0.29) is 0 Å². The average Bonchev–Trinajstić information content (AvgIpc) is 2.15. The van der Waals surface area contributed by atoms with Crippen LogP contribution in [0.3, 0.4) is 0 Å². The zero-order chi connectivity index (χ0) is 9.68. The normalized spacial score (nSPS) is 8.92. The molecule has 0 aliphatic rings. The Labute approximate surface area is 73.7 Å². The van der Waals surface area contributed by atoms with Gasteiger partial charge in [-0.05, 0) is 0 Å². The van der Waals surface area contributed by atoms with Crippen molar-refractivity contribution in [2.45, 2.75) is 0 Å². The van der Waals surface area contributed by atoms with Crippen molar-refractivity contribution in [3.8, 4) is 0 Å². The quantitative estimate of drug-likeness (QED) is 0.263. The molecule has 0 unspecified atom stereocenters. The van der Waals surface area contributed by atoms with E-state index in [2.05, 4.69) is 5.43 Å². The van der Waals surface area contributed by atoms with Crippen molar-refractivity contribution in [3.05, 3.63) is 35.3 Å². The first-order chi connectivity index (χ1) is 6.24. The monoisotopic (exact) mass is 181 g/mol. The number of nitrogens with one attached hydrogen (secondary N) is 2. The first kappa shape index (κ1) is 8.98. The Bertz CT molecular complexity index is 309. The van der Waals surface area contributed by atoms with Crippen LogP contribution in [0, 0.1) is 5.21 Å². The third-order valence-corrected chi connectivity index (χ3v) is 1.31. The highest BCUT2D eigenvalue weighted by Crippen LogP contribution is 1.92. The Kier molecular flexibility index (Phi) is 2.80. The van der Waals surface area contributed by atoms with E-state index in [0.29, 0.717) is 16.7 Å². The van der Waals surface area contributed by atoms with Gasteiger partial charge in [-0.2, -0.15) is 4.73 Å². The van der Waals surface area contributed by atoms with Gasteiger partial charge >= 0.3 is 0 Å². The van der Waals surface area contributed by atoms with Gasteiger partial charge in [-0.25, -0.2) is 0 Å². The zero-order valence-electron chi connectivity index (χ0n) is 6.56. The molecule has 0 atom stereocenters. The van der Waals surface area contributed by atoms with Crippen LogP contribution in [0.4, 0.5) is 0 Å². The summed E-state index contributed by atoms with van der Waals surface area (Å²) in [7, 11) is 0. The molecule has 2 amide bonds. The SMILES string of the molecule is O=CNNC(=O)c1cc[n+]([O-])cc1. The topological polar surface area (TPSA) is 85.1 Å². The van der Waals surface area contributed by atoms with Crippen LogP contribution in [0.5, 0.6) is 0 Å². The molecule has 1 aromatic rings. The molecule has 2 N–H and O–H groups in total. The number of carbonyl (C=O) groups is 2. The van der Waals surface area contributed by atoms with Gasteiger partial charge in [-0.1, -0.05) is 0 Å². The van der Waals surface area contributed by atoms with E-state index in [9.17, 15) is 14.8 Å². The van der Waals surface area contributed by atoms with E-state index < -0.39 is 5.91 Å². The van der Waals surface area contributed by atoms with Crippen LogP contribution in [0.25, 0.3) is 0 Å². The minimum absolute atomic E-state index is 0.293. The van der Waals surface area contributed by atoms with Crippen LogP contribution in [0.2, 0.25) is 0 Å². The van der Waals surface area contributed by atoms with Gasteiger partial charge in [0.25, 0.3) is 5.91 Å².